The Balaban J connectivity index is 1.82. The maximum atomic E-state index is 2.62. The SMILES string of the molecule is CCCCCCn1c2c3ccccc3sc2c2sc3ccccc3c21. The topological polar surface area (TPSA) is 4.93 Å². The summed E-state index contributed by atoms with van der Waals surface area (Å²) in [5.41, 5.74) is 2.92. The molecule has 3 aromatic heterocycles. The second-order valence-corrected chi connectivity index (χ2v) is 8.87. The summed E-state index contributed by atoms with van der Waals surface area (Å²) in [6.07, 6.45) is 5.21. The van der Waals surface area contributed by atoms with Gasteiger partial charge < -0.3 is 4.57 Å². The molecule has 0 unspecified atom stereocenters. The molecule has 3 heteroatoms. The zero-order valence-corrected chi connectivity index (χ0v) is 16.1. The quantitative estimate of drug-likeness (QED) is 0.281. The van der Waals surface area contributed by atoms with E-state index in [-0.39, 0.29) is 0 Å². The lowest BCUT2D eigenvalue weighted by molar-refractivity contribution is 0.603. The van der Waals surface area contributed by atoms with Crippen LogP contribution in [-0.2, 0) is 6.54 Å². The smallest absolute Gasteiger partial charge is 0.0714 e. The normalized spacial score (nSPS) is 12.2. The summed E-state index contributed by atoms with van der Waals surface area (Å²) in [7, 11) is 0. The maximum Gasteiger partial charge on any atom is 0.0714 e. The molecule has 5 rings (SSSR count). The zero-order chi connectivity index (χ0) is 16.8. The zero-order valence-electron chi connectivity index (χ0n) is 14.4. The van der Waals surface area contributed by atoms with Crippen molar-refractivity contribution in [2.45, 2.75) is 39.2 Å². The van der Waals surface area contributed by atoms with Crippen molar-refractivity contribution in [3.05, 3.63) is 48.5 Å². The Bertz CT molecular complexity index is 1100. The number of rotatable bonds is 5. The van der Waals surface area contributed by atoms with E-state index in [0.717, 1.165) is 6.54 Å². The van der Waals surface area contributed by atoms with Crippen LogP contribution in [-0.4, -0.2) is 4.57 Å². The second kappa shape index (κ2) is 6.15. The minimum Gasteiger partial charge on any atom is -0.338 e. The average Bonchev–Trinajstić information content (AvgIpc) is 3.28. The first-order valence-electron chi connectivity index (χ1n) is 9.19. The number of nitrogens with zero attached hydrogens (tertiary/aromatic N) is 1. The van der Waals surface area contributed by atoms with E-state index in [1.54, 1.807) is 0 Å². The van der Waals surface area contributed by atoms with Gasteiger partial charge >= 0.3 is 0 Å². The van der Waals surface area contributed by atoms with Gasteiger partial charge in [-0.15, -0.1) is 22.7 Å². The molecule has 0 spiro atoms. The maximum absolute atomic E-state index is 2.62. The number of benzene rings is 2. The van der Waals surface area contributed by atoms with E-state index in [1.807, 2.05) is 22.7 Å². The highest BCUT2D eigenvalue weighted by Crippen LogP contribution is 2.46. The predicted molar refractivity (Wildman–Crippen MR) is 114 cm³/mol. The average molecular weight is 364 g/mol. The number of aromatic nitrogens is 1. The summed E-state index contributed by atoms with van der Waals surface area (Å²) < 4.78 is 8.40. The van der Waals surface area contributed by atoms with Gasteiger partial charge in [-0.05, 0) is 18.6 Å². The predicted octanol–water partition coefficient (Wildman–Crippen LogP) is 7.80. The van der Waals surface area contributed by atoms with E-state index in [1.165, 1.54) is 66.3 Å². The van der Waals surface area contributed by atoms with E-state index in [9.17, 15) is 0 Å². The van der Waals surface area contributed by atoms with E-state index < -0.39 is 0 Å². The fraction of sp³-hybridized carbons (Fsp3) is 0.273. The van der Waals surface area contributed by atoms with Crippen LogP contribution in [0.3, 0.4) is 0 Å². The number of hydrogen-bond acceptors (Lipinski definition) is 2. The van der Waals surface area contributed by atoms with Gasteiger partial charge in [0.1, 0.15) is 0 Å². The summed E-state index contributed by atoms with van der Waals surface area (Å²) >= 11 is 3.92. The third-order valence-electron chi connectivity index (χ3n) is 5.12. The lowest BCUT2D eigenvalue weighted by atomic mass is 10.2. The van der Waals surface area contributed by atoms with Crippen LogP contribution in [0.5, 0.6) is 0 Å². The van der Waals surface area contributed by atoms with Gasteiger partial charge in [0.05, 0.1) is 20.4 Å². The molecule has 3 heterocycles. The summed E-state index contributed by atoms with van der Waals surface area (Å²) in [5.74, 6) is 0. The van der Waals surface area contributed by atoms with E-state index in [4.69, 9.17) is 0 Å². The number of thiophene rings is 2. The fourth-order valence-corrected chi connectivity index (χ4v) is 6.48. The van der Waals surface area contributed by atoms with Gasteiger partial charge in [-0.1, -0.05) is 62.6 Å². The summed E-state index contributed by atoms with van der Waals surface area (Å²) in [6, 6.07) is 17.8. The van der Waals surface area contributed by atoms with Crippen LogP contribution in [0, 0.1) is 0 Å². The molecule has 0 aliphatic heterocycles. The molecule has 0 N–H and O–H groups in total. The molecule has 0 bridgehead atoms. The van der Waals surface area contributed by atoms with Crippen molar-refractivity contribution >= 4 is 63.3 Å². The number of aryl methyl sites for hydroxylation is 1. The number of fused-ring (bicyclic) bond motifs is 7. The van der Waals surface area contributed by atoms with E-state index in [2.05, 4.69) is 60.0 Å². The summed E-state index contributed by atoms with van der Waals surface area (Å²) in [6.45, 7) is 3.41. The molecular formula is C22H21NS2. The van der Waals surface area contributed by atoms with Crippen LogP contribution in [0.15, 0.2) is 48.5 Å². The molecule has 0 amide bonds. The molecule has 0 fully saturated rings. The first-order valence-corrected chi connectivity index (χ1v) is 10.8. The van der Waals surface area contributed by atoms with E-state index in [0.29, 0.717) is 0 Å². The molecule has 0 radical (unpaired) electrons. The first kappa shape index (κ1) is 15.4. The van der Waals surface area contributed by atoms with Crippen molar-refractivity contribution in [2.75, 3.05) is 0 Å². The Hall–Kier alpha value is -1.84. The highest BCUT2D eigenvalue weighted by molar-refractivity contribution is 7.33. The van der Waals surface area contributed by atoms with Crippen LogP contribution in [0.25, 0.3) is 40.6 Å². The standard InChI is InChI=1S/C22H21NS2/c1-2-3-4-9-14-23-19-15-10-5-7-12-17(15)24-21(19)22-20(23)16-11-6-8-13-18(16)25-22/h5-8,10-13H,2-4,9,14H2,1H3. The summed E-state index contributed by atoms with van der Waals surface area (Å²) in [5, 5.41) is 2.84. The van der Waals surface area contributed by atoms with Crippen LogP contribution >= 0.6 is 22.7 Å². The minimum absolute atomic E-state index is 1.13. The third-order valence-corrected chi connectivity index (χ3v) is 7.60. The van der Waals surface area contributed by atoms with Gasteiger partial charge in [0.2, 0.25) is 0 Å². The van der Waals surface area contributed by atoms with Crippen molar-refractivity contribution < 1.29 is 0 Å². The third kappa shape index (κ3) is 2.33. The van der Waals surface area contributed by atoms with Crippen molar-refractivity contribution in [3.8, 4) is 0 Å². The van der Waals surface area contributed by atoms with Crippen LogP contribution in [0.4, 0.5) is 0 Å². The lowest BCUT2D eigenvalue weighted by Gasteiger charge is -2.07. The molecule has 25 heavy (non-hydrogen) atoms. The number of unbranched alkanes of at least 4 members (excludes halogenated alkanes) is 3. The van der Waals surface area contributed by atoms with Crippen molar-refractivity contribution in [3.63, 3.8) is 0 Å². The van der Waals surface area contributed by atoms with Crippen molar-refractivity contribution in [2.24, 2.45) is 0 Å². The van der Waals surface area contributed by atoms with Gasteiger partial charge in [-0.3, -0.25) is 0 Å². The van der Waals surface area contributed by atoms with Gasteiger partial charge in [-0.2, -0.15) is 0 Å². The lowest BCUT2D eigenvalue weighted by Crippen LogP contribution is -1.97. The second-order valence-electron chi connectivity index (χ2n) is 6.76. The highest BCUT2D eigenvalue weighted by Gasteiger charge is 2.19. The monoisotopic (exact) mass is 363 g/mol. The molecule has 0 aliphatic rings. The Labute approximate surface area is 155 Å². The molecule has 0 atom stereocenters. The number of hydrogen-bond donors (Lipinski definition) is 0. The van der Waals surface area contributed by atoms with Crippen molar-refractivity contribution in [1.29, 1.82) is 0 Å². The molecule has 1 nitrogen and oxygen atoms in total. The molecule has 0 aliphatic carbocycles. The largest absolute Gasteiger partial charge is 0.338 e. The van der Waals surface area contributed by atoms with Gasteiger partial charge in [0.15, 0.2) is 0 Å². The Morgan fingerprint density at radius 1 is 0.720 bits per heavy atom. The molecular weight excluding hydrogens is 342 g/mol. The van der Waals surface area contributed by atoms with Gasteiger partial charge in [-0.25, -0.2) is 0 Å². The first-order chi connectivity index (χ1) is 12.4. The molecule has 0 saturated heterocycles. The van der Waals surface area contributed by atoms with Crippen LogP contribution in [0.2, 0.25) is 0 Å². The molecule has 2 aromatic carbocycles. The Kier molecular flexibility index (Phi) is 3.79. The summed E-state index contributed by atoms with van der Waals surface area (Å²) in [4.78, 5) is 0. The Morgan fingerprint density at radius 2 is 1.28 bits per heavy atom. The fourth-order valence-electron chi connectivity index (χ4n) is 3.94. The van der Waals surface area contributed by atoms with Gasteiger partial charge in [0, 0.05) is 26.7 Å². The highest BCUT2D eigenvalue weighted by atomic mass is 32.1. The molecule has 0 saturated carbocycles. The van der Waals surface area contributed by atoms with E-state index >= 15 is 0 Å². The molecule has 126 valence electrons. The Morgan fingerprint density at radius 3 is 1.84 bits per heavy atom. The van der Waals surface area contributed by atoms with Crippen molar-refractivity contribution in [1.82, 2.24) is 4.57 Å². The van der Waals surface area contributed by atoms with Crippen LogP contribution < -0.4 is 0 Å². The van der Waals surface area contributed by atoms with Gasteiger partial charge in [0.25, 0.3) is 0 Å². The van der Waals surface area contributed by atoms with Crippen LogP contribution in [0.1, 0.15) is 32.6 Å². The minimum atomic E-state index is 1.13. The molecule has 5 aromatic rings.